The quantitative estimate of drug-likeness (QED) is 0.677. The second-order valence-corrected chi connectivity index (χ2v) is 10.3. The zero-order valence-electron chi connectivity index (χ0n) is 15.8. The van der Waals surface area contributed by atoms with Crippen LogP contribution in [0.2, 0.25) is 0 Å². The average Bonchev–Trinajstić information content (AvgIpc) is 3.07. The highest BCUT2D eigenvalue weighted by Gasteiger charge is 2.66. The van der Waals surface area contributed by atoms with E-state index in [-0.39, 0.29) is 5.41 Å². The molecule has 4 heteroatoms. The first-order valence-electron chi connectivity index (χ1n) is 10.2. The maximum absolute atomic E-state index is 11.0. The fourth-order valence-electron chi connectivity index (χ4n) is 7.70. The minimum absolute atomic E-state index is 0.133. The van der Waals surface area contributed by atoms with E-state index in [4.69, 9.17) is 0 Å². The van der Waals surface area contributed by atoms with Crippen LogP contribution in [0.15, 0.2) is 6.20 Å². The summed E-state index contributed by atoms with van der Waals surface area (Å²) in [7, 11) is 0. The summed E-state index contributed by atoms with van der Waals surface area (Å²) in [5, 5.41) is 29.1. The number of aliphatic hydroxyl groups is 2. The molecular weight excluding hydrogens is 312 g/mol. The molecular formula is C21H32N2O2. The molecule has 0 unspecified atom stereocenters. The standard InChI is InChI=1S/C21H32N2O2/c1-19-10-12-11-22-23-17(12)8-13(19)4-5-14-15(19)6-7-20(2)16(14)9-18(24)21(20,3)25/h11,13-16,18,24-25H,4-10H2,1-3H3,(H,22,23)/t13-,14+,15-,16-,18+,19-,20-,21-/m0/s1. The van der Waals surface area contributed by atoms with E-state index in [1.165, 1.54) is 30.5 Å². The number of hydrogen-bond acceptors (Lipinski definition) is 3. The smallest absolute Gasteiger partial charge is 0.0933 e. The highest BCUT2D eigenvalue weighted by Crippen LogP contribution is 2.67. The molecule has 1 aromatic heterocycles. The predicted octanol–water partition coefficient (Wildman–Crippen LogP) is 3.09. The molecule has 1 aromatic rings. The van der Waals surface area contributed by atoms with Crippen molar-refractivity contribution < 1.29 is 10.2 Å². The lowest BCUT2D eigenvalue weighted by molar-refractivity contribution is -0.155. The van der Waals surface area contributed by atoms with E-state index in [0.717, 1.165) is 31.6 Å². The van der Waals surface area contributed by atoms with Gasteiger partial charge in [-0.3, -0.25) is 5.10 Å². The summed E-state index contributed by atoms with van der Waals surface area (Å²) >= 11 is 0. The third-order valence-corrected chi connectivity index (χ3v) is 9.57. The van der Waals surface area contributed by atoms with Gasteiger partial charge >= 0.3 is 0 Å². The number of aromatic amines is 1. The Balaban J connectivity index is 1.51. The summed E-state index contributed by atoms with van der Waals surface area (Å²) in [5.41, 5.74) is 2.06. The van der Waals surface area contributed by atoms with Gasteiger partial charge < -0.3 is 10.2 Å². The molecule has 0 amide bonds. The van der Waals surface area contributed by atoms with Crippen molar-refractivity contribution in [2.24, 2.45) is 34.5 Å². The van der Waals surface area contributed by atoms with Crippen molar-refractivity contribution in [2.75, 3.05) is 0 Å². The SMILES string of the molecule is C[C@]12Cc3cn[nH]c3C[C@@H]1CC[C@@H]1[C@@H]2CC[C@@]2(C)[C@H]1C[C@@H](O)[C@]2(C)O. The van der Waals surface area contributed by atoms with Crippen LogP contribution in [0, 0.1) is 34.5 Å². The van der Waals surface area contributed by atoms with Gasteiger partial charge in [-0.2, -0.15) is 5.10 Å². The number of nitrogens with zero attached hydrogens (tertiary/aromatic N) is 1. The minimum atomic E-state index is -0.940. The van der Waals surface area contributed by atoms with Crippen molar-refractivity contribution >= 4 is 0 Å². The number of hydrogen-bond donors (Lipinski definition) is 3. The van der Waals surface area contributed by atoms with Gasteiger partial charge in [0.15, 0.2) is 0 Å². The van der Waals surface area contributed by atoms with Crippen molar-refractivity contribution in [3.05, 3.63) is 17.5 Å². The highest BCUT2D eigenvalue weighted by molar-refractivity contribution is 5.26. The van der Waals surface area contributed by atoms with Gasteiger partial charge in [-0.15, -0.1) is 0 Å². The van der Waals surface area contributed by atoms with Crippen LogP contribution in [-0.2, 0) is 12.8 Å². The third-order valence-electron chi connectivity index (χ3n) is 9.57. The second-order valence-electron chi connectivity index (χ2n) is 10.3. The zero-order valence-corrected chi connectivity index (χ0v) is 15.8. The van der Waals surface area contributed by atoms with E-state index in [1.807, 2.05) is 13.1 Å². The van der Waals surface area contributed by atoms with Crippen molar-refractivity contribution in [3.63, 3.8) is 0 Å². The molecule has 0 spiro atoms. The third kappa shape index (κ3) is 1.88. The summed E-state index contributed by atoms with van der Waals surface area (Å²) in [5.74, 6) is 2.57. The summed E-state index contributed by atoms with van der Waals surface area (Å²) in [4.78, 5) is 0. The number of rotatable bonds is 0. The lowest BCUT2D eigenvalue weighted by atomic mass is 9.44. The zero-order chi connectivity index (χ0) is 17.6. The summed E-state index contributed by atoms with van der Waals surface area (Å²) in [6.07, 6.45) is 9.32. The maximum atomic E-state index is 11.0. The van der Waals surface area contributed by atoms with Crippen molar-refractivity contribution in [3.8, 4) is 0 Å². The molecule has 0 aromatic carbocycles. The van der Waals surface area contributed by atoms with Gasteiger partial charge in [-0.1, -0.05) is 13.8 Å². The van der Waals surface area contributed by atoms with Crippen molar-refractivity contribution in [1.29, 1.82) is 0 Å². The van der Waals surface area contributed by atoms with E-state index in [0.29, 0.717) is 23.2 Å². The van der Waals surface area contributed by atoms with Gasteiger partial charge in [0.25, 0.3) is 0 Å². The molecule has 5 rings (SSSR count). The number of aromatic nitrogens is 2. The molecule has 1 heterocycles. The lowest BCUT2D eigenvalue weighted by Gasteiger charge is -2.60. The first-order chi connectivity index (χ1) is 11.8. The molecule has 4 aliphatic carbocycles. The van der Waals surface area contributed by atoms with Gasteiger partial charge in [0.05, 0.1) is 17.9 Å². The summed E-state index contributed by atoms with van der Waals surface area (Å²) in [6.45, 7) is 6.65. The fourth-order valence-corrected chi connectivity index (χ4v) is 7.70. The summed E-state index contributed by atoms with van der Waals surface area (Å²) in [6, 6.07) is 0. The molecule has 3 saturated carbocycles. The van der Waals surface area contributed by atoms with Gasteiger partial charge in [-0.05, 0) is 86.5 Å². The molecule has 0 saturated heterocycles. The Hall–Kier alpha value is -0.870. The monoisotopic (exact) mass is 344 g/mol. The molecule has 0 aliphatic heterocycles. The second kappa shape index (κ2) is 4.89. The Kier molecular flexibility index (Phi) is 3.19. The Morgan fingerprint density at radius 1 is 1.16 bits per heavy atom. The highest BCUT2D eigenvalue weighted by atomic mass is 16.3. The number of fused-ring (bicyclic) bond motifs is 6. The van der Waals surface area contributed by atoms with Crippen LogP contribution in [0.25, 0.3) is 0 Å². The van der Waals surface area contributed by atoms with Crippen LogP contribution in [0.4, 0.5) is 0 Å². The molecule has 4 aliphatic rings. The first-order valence-corrected chi connectivity index (χ1v) is 10.2. The minimum Gasteiger partial charge on any atom is -0.390 e. The Labute approximate surface area is 150 Å². The molecule has 4 nitrogen and oxygen atoms in total. The number of aliphatic hydroxyl groups excluding tert-OH is 1. The van der Waals surface area contributed by atoms with E-state index < -0.39 is 11.7 Å². The van der Waals surface area contributed by atoms with E-state index in [9.17, 15) is 10.2 Å². The first kappa shape index (κ1) is 16.3. The van der Waals surface area contributed by atoms with Crippen LogP contribution < -0.4 is 0 Å². The molecule has 8 atom stereocenters. The topological polar surface area (TPSA) is 69.1 Å². The Morgan fingerprint density at radius 2 is 1.96 bits per heavy atom. The van der Waals surface area contributed by atoms with Gasteiger partial charge in [0.2, 0.25) is 0 Å². The number of nitrogens with one attached hydrogen (secondary N) is 1. The Bertz CT molecular complexity index is 698. The van der Waals surface area contributed by atoms with E-state index >= 15 is 0 Å². The molecule has 3 N–H and O–H groups in total. The van der Waals surface area contributed by atoms with Crippen LogP contribution in [0.5, 0.6) is 0 Å². The van der Waals surface area contributed by atoms with Crippen LogP contribution in [0.1, 0.15) is 64.1 Å². The molecule has 3 fully saturated rings. The van der Waals surface area contributed by atoms with Gasteiger partial charge in [0.1, 0.15) is 0 Å². The summed E-state index contributed by atoms with van der Waals surface area (Å²) < 4.78 is 0. The van der Waals surface area contributed by atoms with E-state index in [1.54, 1.807) is 0 Å². The molecule has 25 heavy (non-hydrogen) atoms. The van der Waals surface area contributed by atoms with Crippen molar-refractivity contribution in [1.82, 2.24) is 10.2 Å². The van der Waals surface area contributed by atoms with Crippen LogP contribution >= 0.6 is 0 Å². The largest absolute Gasteiger partial charge is 0.390 e. The van der Waals surface area contributed by atoms with Crippen molar-refractivity contribution in [2.45, 2.75) is 77.4 Å². The Morgan fingerprint density at radius 3 is 2.76 bits per heavy atom. The number of H-pyrrole nitrogens is 1. The average molecular weight is 344 g/mol. The molecule has 0 radical (unpaired) electrons. The van der Waals surface area contributed by atoms with Gasteiger partial charge in [0, 0.05) is 11.1 Å². The van der Waals surface area contributed by atoms with E-state index in [2.05, 4.69) is 24.0 Å². The normalized spacial score (nSPS) is 54.4. The molecule has 138 valence electrons. The fraction of sp³-hybridized carbons (Fsp3) is 0.857. The maximum Gasteiger partial charge on any atom is 0.0933 e. The van der Waals surface area contributed by atoms with Crippen LogP contribution in [0.3, 0.4) is 0 Å². The van der Waals surface area contributed by atoms with Crippen LogP contribution in [-0.4, -0.2) is 32.1 Å². The lowest BCUT2D eigenvalue weighted by Crippen LogP contribution is -2.57. The molecule has 0 bridgehead atoms. The predicted molar refractivity (Wildman–Crippen MR) is 95.9 cm³/mol. The van der Waals surface area contributed by atoms with Gasteiger partial charge in [-0.25, -0.2) is 0 Å².